The Kier molecular flexibility index (Phi) is 5.83. The first kappa shape index (κ1) is 21.8. The van der Waals surface area contributed by atoms with Crippen molar-refractivity contribution in [3.05, 3.63) is 70.9 Å². The molecule has 0 spiro atoms. The normalized spacial score (nSPS) is 12.2. The van der Waals surface area contributed by atoms with Gasteiger partial charge in [-0.15, -0.1) is 0 Å². The number of pyridine rings is 1. The van der Waals surface area contributed by atoms with Crippen molar-refractivity contribution in [1.29, 1.82) is 0 Å². The minimum absolute atomic E-state index is 0.166. The number of amides is 2. The van der Waals surface area contributed by atoms with Crippen LogP contribution in [0.3, 0.4) is 0 Å². The lowest BCUT2D eigenvalue weighted by molar-refractivity contribution is 0.0909. The average molecular weight is 475 g/mol. The summed E-state index contributed by atoms with van der Waals surface area (Å²) in [7, 11) is 0. The first-order valence-corrected chi connectivity index (χ1v) is 11.7. The second-order valence-electron chi connectivity index (χ2n) is 7.79. The summed E-state index contributed by atoms with van der Waals surface area (Å²) < 4.78 is 1.62. The molecular weight excluding hydrogens is 452 g/mol. The number of aromatic nitrogens is 4. The number of nitrogens with zero attached hydrogens (tertiary/aromatic N) is 3. The third kappa shape index (κ3) is 3.93. The maximum atomic E-state index is 13.2. The fourth-order valence-electron chi connectivity index (χ4n) is 3.80. The molecule has 2 amide bonds. The summed E-state index contributed by atoms with van der Waals surface area (Å²) in [5.41, 5.74) is 4.48. The Morgan fingerprint density at radius 3 is 2.88 bits per heavy atom. The van der Waals surface area contributed by atoms with Crippen LogP contribution in [0.4, 0.5) is 5.69 Å². The quantitative estimate of drug-likeness (QED) is 0.286. The number of thiophene rings is 1. The summed E-state index contributed by atoms with van der Waals surface area (Å²) in [5, 5.41) is 19.1. The van der Waals surface area contributed by atoms with E-state index >= 15 is 0 Å². The van der Waals surface area contributed by atoms with Crippen LogP contribution in [-0.4, -0.2) is 48.9 Å². The van der Waals surface area contributed by atoms with Crippen molar-refractivity contribution >= 4 is 45.5 Å². The summed E-state index contributed by atoms with van der Waals surface area (Å²) in [6.45, 7) is 1.72. The number of aromatic amines is 1. The molecule has 4 heterocycles. The van der Waals surface area contributed by atoms with Gasteiger partial charge in [-0.05, 0) is 48.2 Å². The molecule has 5 rings (SSSR count). The molecule has 172 valence electrons. The summed E-state index contributed by atoms with van der Waals surface area (Å²) >= 11 is 1.49. The smallest absolute Gasteiger partial charge is 0.270 e. The van der Waals surface area contributed by atoms with Crippen LogP contribution in [0.5, 0.6) is 0 Å². The Morgan fingerprint density at radius 2 is 2.12 bits per heavy atom. The monoisotopic (exact) mass is 474 g/mol. The highest BCUT2D eigenvalue weighted by atomic mass is 32.1. The van der Waals surface area contributed by atoms with Crippen molar-refractivity contribution in [3.8, 4) is 11.3 Å². The lowest BCUT2D eigenvalue weighted by Crippen LogP contribution is -2.37. The molecule has 0 aliphatic rings. The first-order valence-electron chi connectivity index (χ1n) is 10.8. The van der Waals surface area contributed by atoms with E-state index < -0.39 is 0 Å². The maximum Gasteiger partial charge on any atom is 0.270 e. The van der Waals surface area contributed by atoms with Gasteiger partial charge in [-0.3, -0.25) is 14.0 Å². The van der Waals surface area contributed by atoms with Gasteiger partial charge in [0.1, 0.15) is 11.4 Å². The number of aliphatic hydroxyl groups is 1. The minimum Gasteiger partial charge on any atom is -0.394 e. The third-order valence-corrected chi connectivity index (χ3v) is 6.32. The standard InChI is InChI=1S/C24H22N6O3S/c1-2-15(11-31)27-24(33)21-20(14-7-9-34-12-14)29-22-17(4-3-8-30(21)22)23(32)28-16-5-6-18-19(10-16)26-13-25-18/h3-10,12-13,15,31H,2,11H2,1H3,(H,25,26)(H,27,33)(H,28,32)/t15-/m0/s1. The van der Waals surface area contributed by atoms with Gasteiger partial charge in [0, 0.05) is 22.8 Å². The lowest BCUT2D eigenvalue weighted by atomic mass is 10.1. The molecule has 5 aromatic rings. The van der Waals surface area contributed by atoms with E-state index in [1.807, 2.05) is 29.8 Å². The molecular formula is C24H22N6O3S. The highest BCUT2D eigenvalue weighted by Gasteiger charge is 2.25. The third-order valence-electron chi connectivity index (χ3n) is 5.63. The number of hydrogen-bond donors (Lipinski definition) is 4. The fourth-order valence-corrected chi connectivity index (χ4v) is 4.44. The molecule has 0 saturated carbocycles. The van der Waals surface area contributed by atoms with E-state index in [0.717, 1.165) is 16.6 Å². The van der Waals surface area contributed by atoms with E-state index in [9.17, 15) is 14.7 Å². The zero-order valence-corrected chi connectivity index (χ0v) is 19.1. The second-order valence-corrected chi connectivity index (χ2v) is 8.57. The van der Waals surface area contributed by atoms with E-state index in [1.54, 1.807) is 41.2 Å². The molecule has 0 saturated heterocycles. The van der Waals surface area contributed by atoms with Gasteiger partial charge >= 0.3 is 0 Å². The van der Waals surface area contributed by atoms with Crippen molar-refractivity contribution in [2.75, 3.05) is 11.9 Å². The van der Waals surface area contributed by atoms with Gasteiger partial charge in [-0.2, -0.15) is 11.3 Å². The Balaban J connectivity index is 1.57. The number of anilines is 1. The number of rotatable bonds is 7. The number of fused-ring (bicyclic) bond motifs is 2. The lowest BCUT2D eigenvalue weighted by Gasteiger charge is -2.14. The molecule has 0 aliphatic carbocycles. The van der Waals surface area contributed by atoms with Gasteiger partial charge in [-0.1, -0.05) is 6.92 Å². The number of aliphatic hydroxyl groups excluding tert-OH is 1. The number of imidazole rings is 2. The first-order chi connectivity index (χ1) is 16.6. The topological polar surface area (TPSA) is 124 Å². The molecule has 0 bridgehead atoms. The molecule has 0 aliphatic heterocycles. The van der Waals surface area contributed by atoms with Gasteiger partial charge in [0.15, 0.2) is 5.65 Å². The summed E-state index contributed by atoms with van der Waals surface area (Å²) in [6, 6.07) is 10.3. The number of benzene rings is 1. The largest absolute Gasteiger partial charge is 0.394 e. The SMILES string of the molecule is CC[C@@H](CO)NC(=O)c1c(-c2ccsc2)nc2c(C(=O)Nc3ccc4[nH]cnc4c3)cccn12. The number of carbonyl (C=O) groups excluding carboxylic acids is 2. The molecule has 34 heavy (non-hydrogen) atoms. The Labute approximate surface area is 198 Å². The Bertz CT molecular complexity index is 1480. The van der Waals surface area contributed by atoms with E-state index in [2.05, 4.69) is 20.6 Å². The van der Waals surface area contributed by atoms with Crippen LogP contribution in [0.15, 0.2) is 59.7 Å². The van der Waals surface area contributed by atoms with Crippen molar-refractivity contribution < 1.29 is 14.7 Å². The summed E-state index contributed by atoms with van der Waals surface area (Å²) in [4.78, 5) is 38.4. The number of carbonyl (C=O) groups is 2. The van der Waals surface area contributed by atoms with Gasteiger partial charge in [0.25, 0.3) is 11.8 Å². The van der Waals surface area contributed by atoms with E-state index in [0.29, 0.717) is 34.7 Å². The summed E-state index contributed by atoms with van der Waals surface area (Å²) in [5.74, 6) is -0.716. The van der Waals surface area contributed by atoms with Crippen LogP contribution in [0.1, 0.15) is 34.2 Å². The van der Waals surface area contributed by atoms with Crippen LogP contribution in [-0.2, 0) is 0 Å². The van der Waals surface area contributed by atoms with Crippen molar-refractivity contribution in [3.63, 3.8) is 0 Å². The fraction of sp³-hybridized carbons (Fsp3) is 0.167. The number of hydrogen-bond acceptors (Lipinski definition) is 6. The van der Waals surface area contributed by atoms with Crippen LogP contribution in [0.2, 0.25) is 0 Å². The van der Waals surface area contributed by atoms with E-state index in [1.165, 1.54) is 11.3 Å². The van der Waals surface area contributed by atoms with Crippen LogP contribution < -0.4 is 10.6 Å². The number of nitrogens with one attached hydrogen (secondary N) is 3. The predicted molar refractivity (Wildman–Crippen MR) is 131 cm³/mol. The molecule has 1 aromatic carbocycles. The van der Waals surface area contributed by atoms with Crippen molar-refractivity contribution in [2.45, 2.75) is 19.4 Å². The molecule has 0 radical (unpaired) electrons. The van der Waals surface area contributed by atoms with Crippen molar-refractivity contribution in [1.82, 2.24) is 24.7 Å². The molecule has 10 heteroatoms. The Hall–Kier alpha value is -4.02. The van der Waals surface area contributed by atoms with Gasteiger partial charge < -0.3 is 20.7 Å². The van der Waals surface area contributed by atoms with Crippen molar-refractivity contribution in [2.24, 2.45) is 0 Å². The summed E-state index contributed by atoms with van der Waals surface area (Å²) in [6.07, 6.45) is 3.89. The number of H-pyrrole nitrogens is 1. The highest BCUT2D eigenvalue weighted by Crippen LogP contribution is 2.28. The molecule has 4 aromatic heterocycles. The van der Waals surface area contributed by atoms with Gasteiger partial charge in [0.2, 0.25) is 0 Å². The maximum absolute atomic E-state index is 13.2. The van der Waals surface area contributed by atoms with Gasteiger partial charge in [-0.25, -0.2) is 9.97 Å². The Morgan fingerprint density at radius 1 is 1.24 bits per heavy atom. The highest BCUT2D eigenvalue weighted by molar-refractivity contribution is 7.08. The molecule has 4 N–H and O–H groups in total. The zero-order valence-electron chi connectivity index (χ0n) is 18.3. The molecule has 9 nitrogen and oxygen atoms in total. The van der Waals surface area contributed by atoms with Crippen LogP contribution in [0.25, 0.3) is 27.9 Å². The second kappa shape index (κ2) is 9.08. The predicted octanol–water partition coefficient (Wildman–Crippen LogP) is 3.69. The molecule has 0 unspecified atom stereocenters. The van der Waals surface area contributed by atoms with E-state index in [4.69, 9.17) is 4.98 Å². The van der Waals surface area contributed by atoms with Crippen LogP contribution >= 0.6 is 11.3 Å². The average Bonchev–Trinajstić information content (AvgIpc) is 3.60. The molecule has 1 atom stereocenters. The minimum atomic E-state index is -0.378. The molecule has 0 fully saturated rings. The van der Waals surface area contributed by atoms with E-state index in [-0.39, 0.29) is 24.5 Å². The zero-order chi connectivity index (χ0) is 23.7. The van der Waals surface area contributed by atoms with Gasteiger partial charge in [0.05, 0.1) is 35.6 Å². The van der Waals surface area contributed by atoms with Crippen LogP contribution in [0, 0.1) is 0 Å².